The SMILES string of the molecule is CCc1ccc(-c2cc(C(F)(F)F)nc(N(C)Cc3ccn(C)n3)n2)cc1. The molecule has 0 atom stereocenters. The zero-order valence-corrected chi connectivity index (χ0v) is 15.3. The van der Waals surface area contributed by atoms with Crippen molar-refractivity contribution in [2.75, 3.05) is 11.9 Å². The number of aromatic nitrogens is 4. The molecule has 2 heterocycles. The highest BCUT2D eigenvalue weighted by Crippen LogP contribution is 2.32. The maximum Gasteiger partial charge on any atom is 0.433 e. The minimum atomic E-state index is -4.55. The van der Waals surface area contributed by atoms with Crippen molar-refractivity contribution in [1.82, 2.24) is 19.7 Å². The van der Waals surface area contributed by atoms with Crippen molar-refractivity contribution in [3.8, 4) is 11.3 Å². The average molecular weight is 375 g/mol. The predicted molar refractivity (Wildman–Crippen MR) is 97.2 cm³/mol. The van der Waals surface area contributed by atoms with Gasteiger partial charge in [0.2, 0.25) is 5.95 Å². The molecule has 3 rings (SSSR count). The molecule has 0 aliphatic rings. The van der Waals surface area contributed by atoms with E-state index in [1.165, 1.54) is 0 Å². The molecule has 0 saturated heterocycles. The maximum atomic E-state index is 13.4. The first-order chi connectivity index (χ1) is 12.8. The molecular formula is C19H20F3N5. The Morgan fingerprint density at radius 1 is 1.07 bits per heavy atom. The molecule has 0 bridgehead atoms. The van der Waals surface area contributed by atoms with E-state index in [-0.39, 0.29) is 11.6 Å². The van der Waals surface area contributed by atoms with Gasteiger partial charge >= 0.3 is 6.18 Å². The van der Waals surface area contributed by atoms with E-state index in [1.54, 1.807) is 48.1 Å². The number of halogens is 3. The van der Waals surface area contributed by atoms with Gasteiger partial charge in [0.05, 0.1) is 17.9 Å². The van der Waals surface area contributed by atoms with Crippen molar-refractivity contribution < 1.29 is 13.2 Å². The number of benzene rings is 1. The Morgan fingerprint density at radius 3 is 2.33 bits per heavy atom. The number of alkyl halides is 3. The summed E-state index contributed by atoms with van der Waals surface area (Å²) in [4.78, 5) is 9.63. The van der Waals surface area contributed by atoms with Crippen LogP contribution in [0.15, 0.2) is 42.6 Å². The Kier molecular flexibility index (Phi) is 5.16. The quantitative estimate of drug-likeness (QED) is 0.674. The lowest BCUT2D eigenvalue weighted by Gasteiger charge is -2.18. The second-order valence-corrected chi connectivity index (χ2v) is 6.32. The van der Waals surface area contributed by atoms with Crippen molar-refractivity contribution in [2.45, 2.75) is 26.1 Å². The monoisotopic (exact) mass is 375 g/mol. The standard InChI is InChI=1S/C19H20F3N5/c1-4-13-5-7-14(8-6-13)16-11-17(19(20,21)22)24-18(23-16)26(2)12-15-9-10-27(3)25-15/h5-11H,4,12H2,1-3H3. The third kappa shape index (κ3) is 4.45. The second kappa shape index (κ2) is 7.38. The topological polar surface area (TPSA) is 46.8 Å². The molecule has 0 spiro atoms. The molecule has 0 aliphatic heterocycles. The summed E-state index contributed by atoms with van der Waals surface area (Å²) in [5.74, 6) is 0.00467. The molecule has 0 fully saturated rings. The van der Waals surface area contributed by atoms with E-state index in [0.29, 0.717) is 12.1 Å². The van der Waals surface area contributed by atoms with E-state index in [1.807, 2.05) is 19.1 Å². The van der Waals surface area contributed by atoms with Gasteiger partial charge in [0.15, 0.2) is 5.69 Å². The molecule has 0 N–H and O–H groups in total. The van der Waals surface area contributed by atoms with Gasteiger partial charge in [-0.2, -0.15) is 18.3 Å². The van der Waals surface area contributed by atoms with Crippen molar-refractivity contribution in [1.29, 1.82) is 0 Å². The lowest BCUT2D eigenvalue weighted by molar-refractivity contribution is -0.141. The average Bonchev–Trinajstić information content (AvgIpc) is 3.05. The van der Waals surface area contributed by atoms with Gasteiger partial charge in [-0.15, -0.1) is 0 Å². The van der Waals surface area contributed by atoms with Crippen LogP contribution in [0.4, 0.5) is 19.1 Å². The Labute approximate surface area is 155 Å². The molecule has 0 radical (unpaired) electrons. The predicted octanol–water partition coefficient (Wildman–Crippen LogP) is 4.09. The van der Waals surface area contributed by atoms with Crippen LogP contribution in [0, 0.1) is 0 Å². The van der Waals surface area contributed by atoms with Crippen molar-refractivity contribution in [3.05, 3.63) is 59.5 Å². The molecule has 0 amide bonds. The number of rotatable bonds is 5. The molecule has 3 aromatic rings. The fourth-order valence-corrected chi connectivity index (χ4v) is 2.67. The van der Waals surface area contributed by atoms with E-state index >= 15 is 0 Å². The molecule has 0 unspecified atom stereocenters. The van der Waals surface area contributed by atoms with E-state index in [4.69, 9.17) is 0 Å². The highest BCUT2D eigenvalue weighted by Gasteiger charge is 2.34. The summed E-state index contributed by atoms with van der Waals surface area (Å²) in [6.07, 6.45) is -1.92. The smallest absolute Gasteiger partial charge is 0.338 e. The van der Waals surface area contributed by atoms with Gasteiger partial charge in [0.1, 0.15) is 0 Å². The van der Waals surface area contributed by atoms with Crippen molar-refractivity contribution in [3.63, 3.8) is 0 Å². The minimum absolute atomic E-state index is 0.00467. The van der Waals surface area contributed by atoms with Crippen LogP contribution in [0.25, 0.3) is 11.3 Å². The minimum Gasteiger partial charge on any atom is -0.338 e. The molecule has 2 aromatic heterocycles. The molecular weight excluding hydrogens is 355 g/mol. The Balaban J connectivity index is 1.99. The van der Waals surface area contributed by atoms with Crippen LogP contribution in [0.1, 0.15) is 23.9 Å². The highest BCUT2D eigenvalue weighted by molar-refractivity contribution is 5.61. The molecule has 0 aliphatic carbocycles. The van der Waals surface area contributed by atoms with Gasteiger partial charge in [-0.3, -0.25) is 4.68 Å². The highest BCUT2D eigenvalue weighted by atomic mass is 19.4. The summed E-state index contributed by atoms with van der Waals surface area (Å²) in [7, 11) is 3.43. The summed E-state index contributed by atoms with van der Waals surface area (Å²) in [6, 6.07) is 10.1. The Bertz CT molecular complexity index is 916. The normalized spacial score (nSPS) is 11.6. The zero-order valence-electron chi connectivity index (χ0n) is 15.3. The van der Waals surface area contributed by atoms with Gasteiger partial charge in [-0.1, -0.05) is 31.2 Å². The summed E-state index contributed by atoms with van der Waals surface area (Å²) in [5.41, 5.74) is 1.72. The summed E-state index contributed by atoms with van der Waals surface area (Å²) >= 11 is 0. The van der Waals surface area contributed by atoms with Crippen molar-refractivity contribution in [2.24, 2.45) is 7.05 Å². The maximum absolute atomic E-state index is 13.4. The van der Waals surface area contributed by atoms with Crippen LogP contribution >= 0.6 is 0 Å². The summed E-state index contributed by atoms with van der Waals surface area (Å²) < 4.78 is 41.7. The van der Waals surface area contributed by atoms with Crippen LogP contribution in [0.5, 0.6) is 0 Å². The van der Waals surface area contributed by atoms with Crippen LogP contribution in [0.2, 0.25) is 0 Å². The second-order valence-electron chi connectivity index (χ2n) is 6.32. The molecule has 8 heteroatoms. The fraction of sp³-hybridized carbons (Fsp3) is 0.316. The molecule has 142 valence electrons. The fourth-order valence-electron chi connectivity index (χ4n) is 2.67. The zero-order chi connectivity index (χ0) is 19.6. The van der Waals surface area contributed by atoms with Gasteiger partial charge in [0.25, 0.3) is 0 Å². The number of anilines is 1. The van der Waals surface area contributed by atoms with Gasteiger partial charge < -0.3 is 4.90 Å². The Hall–Kier alpha value is -2.90. The Morgan fingerprint density at radius 2 is 1.78 bits per heavy atom. The first-order valence-corrected chi connectivity index (χ1v) is 8.51. The molecule has 27 heavy (non-hydrogen) atoms. The number of nitrogens with zero attached hydrogens (tertiary/aromatic N) is 5. The number of hydrogen-bond donors (Lipinski definition) is 0. The molecule has 0 saturated carbocycles. The van der Waals surface area contributed by atoms with Gasteiger partial charge in [-0.25, -0.2) is 9.97 Å². The largest absolute Gasteiger partial charge is 0.433 e. The van der Waals surface area contributed by atoms with E-state index < -0.39 is 11.9 Å². The number of hydrogen-bond acceptors (Lipinski definition) is 4. The van der Waals surface area contributed by atoms with Crippen LogP contribution in [-0.4, -0.2) is 26.8 Å². The first kappa shape index (κ1) is 18.9. The van der Waals surface area contributed by atoms with Crippen LogP contribution in [-0.2, 0) is 26.2 Å². The van der Waals surface area contributed by atoms with Gasteiger partial charge in [0, 0.05) is 25.9 Å². The van der Waals surface area contributed by atoms with Crippen LogP contribution in [0.3, 0.4) is 0 Å². The van der Waals surface area contributed by atoms with Gasteiger partial charge in [-0.05, 0) is 24.1 Å². The molecule has 1 aromatic carbocycles. The number of aryl methyl sites for hydroxylation is 2. The van der Waals surface area contributed by atoms with Crippen molar-refractivity contribution >= 4 is 5.95 Å². The van der Waals surface area contributed by atoms with E-state index in [0.717, 1.165) is 23.7 Å². The van der Waals surface area contributed by atoms with E-state index in [2.05, 4.69) is 15.1 Å². The van der Waals surface area contributed by atoms with E-state index in [9.17, 15) is 13.2 Å². The third-order valence-corrected chi connectivity index (χ3v) is 4.17. The summed E-state index contributed by atoms with van der Waals surface area (Å²) in [6.45, 7) is 2.32. The lowest BCUT2D eigenvalue weighted by atomic mass is 10.1. The van der Waals surface area contributed by atoms with Crippen LogP contribution < -0.4 is 4.90 Å². The lowest BCUT2D eigenvalue weighted by Crippen LogP contribution is -2.22. The first-order valence-electron chi connectivity index (χ1n) is 8.51. The summed E-state index contributed by atoms with van der Waals surface area (Å²) in [5, 5.41) is 4.24. The molecule has 5 nitrogen and oxygen atoms in total. The third-order valence-electron chi connectivity index (χ3n) is 4.17.